The molecule has 4 aromatic rings. The van der Waals surface area contributed by atoms with E-state index >= 15 is 0 Å². The third-order valence-electron chi connectivity index (χ3n) is 7.34. The molecule has 0 spiro atoms. The Morgan fingerprint density at radius 3 is 2.05 bits per heavy atom. The van der Waals surface area contributed by atoms with Crippen molar-refractivity contribution in [3.8, 4) is 23.0 Å². The lowest BCUT2D eigenvalue weighted by atomic mass is 9.71. The fourth-order valence-corrected chi connectivity index (χ4v) is 5.97. The lowest BCUT2D eigenvalue weighted by Crippen LogP contribution is -2.53. The summed E-state index contributed by atoms with van der Waals surface area (Å²) in [6.07, 6.45) is 5.20. The van der Waals surface area contributed by atoms with Gasteiger partial charge >= 0.3 is 0 Å². The molecule has 6 rings (SSSR count). The van der Waals surface area contributed by atoms with Crippen LogP contribution in [0.15, 0.2) is 100.0 Å². The summed E-state index contributed by atoms with van der Waals surface area (Å²) in [5.41, 5.74) is 4.26. The first-order valence-electron chi connectivity index (χ1n) is 12.4. The fourth-order valence-electron chi connectivity index (χ4n) is 5.44. The van der Waals surface area contributed by atoms with Crippen molar-refractivity contribution in [3.05, 3.63) is 122 Å². The number of rotatable bonds is 5. The Bertz CT molecular complexity index is 1500. The second-order valence-corrected chi connectivity index (χ2v) is 11.3. The third kappa shape index (κ3) is 4.50. The van der Waals surface area contributed by atoms with Crippen LogP contribution in [-0.2, 0) is 12.2 Å². The number of halogens is 2. The molecule has 2 heterocycles. The van der Waals surface area contributed by atoms with E-state index in [0.717, 1.165) is 60.6 Å². The SMILES string of the molecule is COc1ccc2c(c1)C[C@@H]1C(/C=C/c3ccc(Br)cc3)c3cc(OC)ccc3O[C@]1(c1ccc(Br)cc1)O2. The van der Waals surface area contributed by atoms with Gasteiger partial charge in [-0.05, 0) is 78.2 Å². The zero-order valence-corrected chi connectivity index (χ0v) is 24.2. The van der Waals surface area contributed by atoms with E-state index in [1.54, 1.807) is 14.2 Å². The first-order valence-corrected chi connectivity index (χ1v) is 14.0. The van der Waals surface area contributed by atoms with E-state index in [1.807, 2.05) is 36.4 Å². The van der Waals surface area contributed by atoms with Gasteiger partial charge in [0, 0.05) is 26.0 Å². The summed E-state index contributed by atoms with van der Waals surface area (Å²) in [5, 5.41) is 0. The molecular formula is C32H26Br2O4. The second-order valence-electron chi connectivity index (χ2n) is 9.50. The van der Waals surface area contributed by atoms with Crippen LogP contribution in [0.5, 0.6) is 23.0 Å². The summed E-state index contributed by atoms with van der Waals surface area (Å²) in [6.45, 7) is 0. The third-order valence-corrected chi connectivity index (χ3v) is 8.40. The van der Waals surface area contributed by atoms with Gasteiger partial charge in [-0.1, -0.05) is 68.3 Å². The predicted octanol–water partition coefficient (Wildman–Crippen LogP) is 8.52. The molecule has 0 amide bonds. The van der Waals surface area contributed by atoms with Crippen molar-refractivity contribution < 1.29 is 18.9 Å². The molecule has 0 N–H and O–H groups in total. The summed E-state index contributed by atoms with van der Waals surface area (Å²) < 4.78 is 27.0. The van der Waals surface area contributed by atoms with Gasteiger partial charge in [0.25, 0.3) is 5.79 Å². The van der Waals surface area contributed by atoms with E-state index in [2.05, 4.69) is 92.5 Å². The molecule has 1 unspecified atom stereocenters. The van der Waals surface area contributed by atoms with Crippen molar-refractivity contribution >= 4 is 37.9 Å². The van der Waals surface area contributed by atoms with Gasteiger partial charge in [-0.3, -0.25) is 0 Å². The molecule has 2 aliphatic rings. The van der Waals surface area contributed by atoms with Crippen LogP contribution in [0, 0.1) is 5.92 Å². The molecule has 38 heavy (non-hydrogen) atoms. The average Bonchev–Trinajstić information content (AvgIpc) is 2.95. The van der Waals surface area contributed by atoms with Crippen molar-refractivity contribution in [2.45, 2.75) is 18.1 Å². The monoisotopic (exact) mass is 632 g/mol. The molecule has 192 valence electrons. The summed E-state index contributed by atoms with van der Waals surface area (Å²) in [5.74, 6) is 2.10. The lowest BCUT2D eigenvalue weighted by molar-refractivity contribution is -0.187. The Morgan fingerprint density at radius 2 is 1.37 bits per heavy atom. The molecule has 0 aromatic heterocycles. The second kappa shape index (κ2) is 10.2. The normalized spacial score (nSPS) is 21.5. The first kappa shape index (κ1) is 25.1. The highest BCUT2D eigenvalue weighted by atomic mass is 79.9. The molecule has 6 heteroatoms. The number of benzene rings is 4. The van der Waals surface area contributed by atoms with Gasteiger partial charge in [-0.2, -0.15) is 0 Å². The highest BCUT2D eigenvalue weighted by molar-refractivity contribution is 9.10. The number of ether oxygens (including phenoxy) is 4. The molecule has 0 aliphatic carbocycles. The largest absolute Gasteiger partial charge is 0.497 e. The fraction of sp³-hybridized carbons (Fsp3) is 0.188. The summed E-state index contributed by atoms with van der Waals surface area (Å²) in [4.78, 5) is 0. The first-order chi connectivity index (χ1) is 18.5. The number of allylic oxidation sites excluding steroid dienone is 1. The van der Waals surface area contributed by atoms with Gasteiger partial charge in [0.05, 0.1) is 20.1 Å². The van der Waals surface area contributed by atoms with E-state index in [4.69, 9.17) is 18.9 Å². The van der Waals surface area contributed by atoms with Crippen LogP contribution in [-0.4, -0.2) is 14.2 Å². The Morgan fingerprint density at radius 1 is 0.763 bits per heavy atom. The minimum Gasteiger partial charge on any atom is -0.497 e. The summed E-state index contributed by atoms with van der Waals surface area (Å²) in [6, 6.07) is 28.5. The zero-order valence-electron chi connectivity index (χ0n) is 21.0. The quantitative estimate of drug-likeness (QED) is 0.221. The average molecular weight is 634 g/mol. The van der Waals surface area contributed by atoms with Crippen molar-refractivity contribution in [3.63, 3.8) is 0 Å². The van der Waals surface area contributed by atoms with Crippen molar-refractivity contribution in [2.24, 2.45) is 5.92 Å². The number of methoxy groups -OCH3 is 2. The Kier molecular flexibility index (Phi) is 6.70. The van der Waals surface area contributed by atoms with Crippen molar-refractivity contribution in [1.82, 2.24) is 0 Å². The molecule has 0 radical (unpaired) electrons. The molecule has 3 atom stereocenters. The molecule has 4 nitrogen and oxygen atoms in total. The smallest absolute Gasteiger partial charge is 0.281 e. The van der Waals surface area contributed by atoms with E-state index in [0.29, 0.717) is 0 Å². The molecular weight excluding hydrogens is 608 g/mol. The van der Waals surface area contributed by atoms with Crippen molar-refractivity contribution in [2.75, 3.05) is 14.2 Å². The maximum absolute atomic E-state index is 6.90. The highest BCUT2D eigenvalue weighted by Gasteiger charge is 2.55. The van der Waals surface area contributed by atoms with Crippen molar-refractivity contribution in [1.29, 1.82) is 0 Å². The van der Waals surface area contributed by atoms with E-state index in [9.17, 15) is 0 Å². The summed E-state index contributed by atoms with van der Waals surface area (Å²) in [7, 11) is 3.38. The number of hydrogen-bond acceptors (Lipinski definition) is 4. The molecule has 0 bridgehead atoms. The van der Waals surface area contributed by atoms with Gasteiger partial charge < -0.3 is 18.9 Å². The highest BCUT2D eigenvalue weighted by Crippen LogP contribution is 2.56. The van der Waals surface area contributed by atoms with E-state index in [-0.39, 0.29) is 11.8 Å². The molecule has 0 saturated carbocycles. The zero-order chi connectivity index (χ0) is 26.3. The molecule has 2 aliphatic heterocycles. The van der Waals surface area contributed by atoms with E-state index in [1.165, 1.54) is 0 Å². The van der Waals surface area contributed by atoms with Crippen LogP contribution in [0.3, 0.4) is 0 Å². The van der Waals surface area contributed by atoms with Gasteiger partial charge in [0.15, 0.2) is 0 Å². The van der Waals surface area contributed by atoms with Gasteiger partial charge in [0.2, 0.25) is 0 Å². The Hall–Kier alpha value is -3.22. The Balaban J connectivity index is 1.55. The maximum Gasteiger partial charge on any atom is 0.281 e. The van der Waals surface area contributed by atoms with Crippen LogP contribution in [0.1, 0.15) is 28.2 Å². The van der Waals surface area contributed by atoms with Gasteiger partial charge in [-0.15, -0.1) is 0 Å². The lowest BCUT2D eigenvalue weighted by Gasteiger charge is -2.50. The van der Waals surface area contributed by atoms with E-state index < -0.39 is 5.79 Å². The minimum absolute atomic E-state index is 0.0134. The molecule has 0 fully saturated rings. The van der Waals surface area contributed by atoms with Crippen LogP contribution in [0.2, 0.25) is 0 Å². The number of fused-ring (bicyclic) bond motifs is 3. The van der Waals surface area contributed by atoms with Crippen LogP contribution < -0.4 is 18.9 Å². The summed E-state index contributed by atoms with van der Waals surface area (Å²) >= 11 is 7.12. The van der Waals surface area contributed by atoms with Gasteiger partial charge in [-0.25, -0.2) is 0 Å². The van der Waals surface area contributed by atoms with Crippen LogP contribution in [0.25, 0.3) is 6.08 Å². The van der Waals surface area contributed by atoms with Gasteiger partial charge in [0.1, 0.15) is 23.0 Å². The molecule has 4 aromatic carbocycles. The topological polar surface area (TPSA) is 36.9 Å². The maximum atomic E-state index is 6.90. The Labute approximate surface area is 239 Å². The number of hydrogen-bond donors (Lipinski definition) is 0. The minimum atomic E-state index is -1.02. The van der Waals surface area contributed by atoms with Crippen LogP contribution in [0.4, 0.5) is 0 Å². The predicted molar refractivity (Wildman–Crippen MR) is 156 cm³/mol. The van der Waals surface area contributed by atoms with Crippen LogP contribution >= 0.6 is 31.9 Å². The standard InChI is InChI=1S/C32H26Br2O4/c1-35-25-12-15-30-21(17-25)18-29-27(14-5-20-3-8-23(33)9-4-20)28-19-26(36-2)13-16-31(28)38-32(29,37-30)22-6-10-24(34)11-7-22/h3-17,19,27,29H,18H2,1-2H3/b14-5+/t27?,29-,32+/m1/s1. The molecule has 0 saturated heterocycles.